The van der Waals surface area contributed by atoms with Gasteiger partial charge in [0.05, 0.1) is 0 Å². The molecule has 1 aliphatic rings. The molecule has 0 atom stereocenters. The Morgan fingerprint density at radius 2 is 1.88 bits per heavy atom. The Morgan fingerprint density at radius 3 is 2.41 bits per heavy atom. The van der Waals surface area contributed by atoms with Crippen molar-refractivity contribution in [2.24, 2.45) is 0 Å². The molecule has 0 aromatic carbocycles. The summed E-state index contributed by atoms with van der Waals surface area (Å²) in [7, 11) is 1.79. The molecule has 0 saturated carbocycles. The molecule has 0 bridgehead atoms. The highest BCUT2D eigenvalue weighted by Gasteiger charge is 2.41. The molecule has 0 amide bonds. The molecule has 1 N–H and O–H groups in total. The average Bonchev–Trinajstić information content (AvgIpc) is 2.30. The second kappa shape index (κ2) is 6.17. The zero-order valence-corrected chi connectivity index (χ0v) is 12.3. The van der Waals surface area contributed by atoms with E-state index in [0.717, 1.165) is 32.7 Å². The maximum absolute atomic E-state index is 5.18. The summed E-state index contributed by atoms with van der Waals surface area (Å²) in [6, 6.07) is 0. The van der Waals surface area contributed by atoms with Crippen LogP contribution in [0.4, 0.5) is 0 Å². The Kier molecular flexibility index (Phi) is 5.42. The van der Waals surface area contributed by atoms with Gasteiger partial charge in [-0.1, -0.05) is 13.8 Å². The minimum absolute atomic E-state index is 0.237. The highest BCUT2D eigenvalue weighted by molar-refractivity contribution is 5.00. The van der Waals surface area contributed by atoms with Crippen molar-refractivity contribution in [2.45, 2.75) is 58.0 Å². The number of piperazine rings is 1. The maximum atomic E-state index is 5.18. The van der Waals surface area contributed by atoms with Crippen molar-refractivity contribution in [3.63, 3.8) is 0 Å². The fourth-order valence-electron chi connectivity index (χ4n) is 2.88. The van der Waals surface area contributed by atoms with Gasteiger partial charge in [-0.3, -0.25) is 4.90 Å². The largest absolute Gasteiger partial charge is 0.385 e. The molecular formula is C14H30N2O. The van der Waals surface area contributed by atoms with E-state index in [4.69, 9.17) is 4.74 Å². The van der Waals surface area contributed by atoms with Gasteiger partial charge < -0.3 is 10.1 Å². The topological polar surface area (TPSA) is 24.5 Å². The van der Waals surface area contributed by atoms with Gasteiger partial charge in [0.2, 0.25) is 0 Å². The first-order valence-corrected chi connectivity index (χ1v) is 6.98. The fourth-order valence-corrected chi connectivity index (χ4v) is 2.88. The summed E-state index contributed by atoms with van der Waals surface area (Å²) in [5, 5.41) is 3.70. The summed E-state index contributed by atoms with van der Waals surface area (Å²) in [5.41, 5.74) is 0.587. The van der Waals surface area contributed by atoms with Crippen LogP contribution in [0.2, 0.25) is 0 Å². The molecule has 0 spiro atoms. The Morgan fingerprint density at radius 1 is 1.24 bits per heavy atom. The molecule has 3 heteroatoms. The van der Waals surface area contributed by atoms with Crippen molar-refractivity contribution >= 4 is 0 Å². The third-order valence-corrected chi connectivity index (χ3v) is 4.25. The Balaban J connectivity index is 2.67. The third-order valence-electron chi connectivity index (χ3n) is 4.25. The van der Waals surface area contributed by atoms with Crippen molar-refractivity contribution in [2.75, 3.05) is 33.4 Å². The monoisotopic (exact) mass is 242 g/mol. The summed E-state index contributed by atoms with van der Waals surface area (Å²) in [5.74, 6) is 0. The second-order valence-corrected chi connectivity index (χ2v) is 5.94. The number of nitrogens with one attached hydrogen (secondary N) is 1. The Bertz CT molecular complexity index is 224. The van der Waals surface area contributed by atoms with Crippen molar-refractivity contribution in [3.05, 3.63) is 0 Å². The van der Waals surface area contributed by atoms with Crippen molar-refractivity contribution in [1.29, 1.82) is 0 Å². The van der Waals surface area contributed by atoms with Gasteiger partial charge in [-0.15, -0.1) is 0 Å². The molecule has 0 radical (unpaired) electrons. The van der Waals surface area contributed by atoms with Crippen LogP contribution in [0.25, 0.3) is 0 Å². The Hall–Kier alpha value is -0.120. The molecule has 1 saturated heterocycles. The average molecular weight is 242 g/mol. The number of rotatable bonds is 6. The number of hydrogen-bond acceptors (Lipinski definition) is 3. The molecule has 1 heterocycles. The molecular weight excluding hydrogens is 212 g/mol. The van der Waals surface area contributed by atoms with E-state index in [1.54, 1.807) is 7.11 Å². The number of methoxy groups -OCH3 is 1. The van der Waals surface area contributed by atoms with E-state index in [1.165, 1.54) is 12.8 Å². The summed E-state index contributed by atoms with van der Waals surface area (Å²) < 4.78 is 5.18. The van der Waals surface area contributed by atoms with Crippen LogP contribution in [0.5, 0.6) is 0 Å². The van der Waals surface area contributed by atoms with E-state index in [2.05, 4.69) is 37.9 Å². The molecule has 1 rings (SSSR count). The van der Waals surface area contributed by atoms with Gasteiger partial charge >= 0.3 is 0 Å². The van der Waals surface area contributed by atoms with Crippen LogP contribution in [0.15, 0.2) is 0 Å². The zero-order valence-electron chi connectivity index (χ0n) is 12.3. The summed E-state index contributed by atoms with van der Waals surface area (Å²) in [6.45, 7) is 13.5. The van der Waals surface area contributed by atoms with E-state index in [-0.39, 0.29) is 5.54 Å². The van der Waals surface area contributed by atoms with Gasteiger partial charge in [0.15, 0.2) is 0 Å². The zero-order chi connectivity index (χ0) is 12.9. The highest BCUT2D eigenvalue weighted by atomic mass is 16.5. The predicted molar refractivity (Wildman–Crippen MR) is 73.5 cm³/mol. The van der Waals surface area contributed by atoms with E-state index in [0.29, 0.717) is 5.54 Å². The lowest BCUT2D eigenvalue weighted by Crippen LogP contribution is -2.68. The smallest absolute Gasteiger partial charge is 0.0474 e. The first-order chi connectivity index (χ1) is 7.99. The van der Waals surface area contributed by atoms with E-state index in [9.17, 15) is 0 Å². The summed E-state index contributed by atoms with van der Waals surface area (Å²) in [6.07, 6.45) is 3.58. The molecule has 0 aromatic rings. The number of hydrogen-bond donors (Lipinski definition) is 1. The van der Waals surface area contributed by atoms with Gasteiger partial charge in [-0.25, -0.2) is 0 Å². The number of ether oxygens (including phenoxy) is 1. The minimum Gasteiger partial charge on any atom is -0.385 e. The lowest BCUT2D eigenvalue weighted by Gasteiger charge is -2.52. The van der Waals surface area contributed by atoms with Crippen LogP contribution < -0.4 is 5.32 Å². The van der Waals surface area contributed by atoms with Gasteiger partial charge in [0.1, 0.15) is 0 Å². The lowest BCUT2D eigenvalue weighted by atomic mass is 9.84. The third kappa shape index (κ3) is 3.67. The predicted octanol–water partition coefficient (Wildman–Crippen LogP) is 2.27. The SMILES string of the molecule is CCC1(CC)CNC(C)(C)CN1CCCOC. The maximum Gasteiger partial charge on any atom is 0.0474 e. The van der Waals surface area contributed by atoms with Crippen LogP contribution >= 0.6 is 0 Å². The summed E-state index contributed by atoms with van der Waals surface area (Å²) >= 11 is 0. The van der Waals surface area contributed by atoms with Crippen molar-refractivity contribution in [1.82, 2.24) is 10.2 Å². The van der Waals surface area contributed by atoms with Crippen molar-refractivity contribution in [3.8, 4) is 0 Å². The summed E-state index contributed by atoms with van der Waals surface area (Å²) in [4.78, 5) is 2.68. The molecule has 17 heavy (non-hydrogen) atoms. The standard InChI is InChI=1S/C14H30N2O/c1-6-14(7-2)11-15-13(3,4)12-16(14)9-8-10-17-5/h15H,6-12H2,1-5H3. The van der Waals surface area contributed by atoms with Crippen LogP contribution in [0.3, 0.4) is 0 Å². The van der Waals surface area contributed by atoms with Crippen LogP contribution in [-0.4, -0.2) is 49.3 Å². The number of nitrogens with zero attached hydrogens (tertiary/aromatic N) is 1. The van der Waals surface area contributed by atoms with Gasteiger partial charge in [0, 0.05) is 44.4 Å². The van der Waals surface area contributed by atoms with Gasteiger partial charge in [-0.2, -0.15) is 0 Å². The van der Waals surface area contributed by atoms with E-state index in [1.807, 2.05) is 0 Å². The van der Waals surface area contributed by atoms with E-state index >= 15 is 0 Å². The quantitative estimate of drug-likeness (QED) is 0.723. The lowest BCUT2D eigenvalue weighted by molar-refractivity contribution is 0.00378. The van der Waals surface area contributed by atoms with Crippen molar-refractivity contribution < 1.29 is 4.74 Å². The van der Waals surface area contributed by atoms with Gasteiger partial charge in [-0.05, 0) is 33.1 Å². The first-order valence-electron chi connectivity index (χ1n) is 6.98. The highest BCUT2D eigenvalue weighted by Crippen LogP contribution is 2.29. The molecule has 1 aliphatic heterocycles. The molecule has 102 valence electrons. The van der Waals surface area contributed by atoms with Crippen LogP contribution in [0.1, 0.15) is 47.0 Å². The second-order valence-electron chi connectivity index (χ2n) is 5.94. The normalized spacial score (nSPS) is 23.8. The van der Waals surface area contributed by atoms with Crippen LogP contribution in [0, 0.1) is 0 Å². The van der Waals surface area contributed by atoms with Gasteiger partial charge in [0.25, 0.3) is 0 Å². The molecule has 0 aliphatic carbocycles. The fraction of sp³-hybridized carbons (Fsp3) is 1.00. The van der Waals surface area contributed by atoms with Crippen LogP contribution in [-0.2, 0) is 4.74 Å². The molecule has 3 nitrogen and oxygen atoms in total. The minimum atomic E-state index is 0.237. The Labute approximate surface area is 107 Å². The molecule has 0 unspecified atom stereocenters. The molecule has 0 aromatic heterocycles. The molecule has 1 fully saturated rings. The van der Waals surface area contributed by atoms with E-state index < -0.39 is 0 Å². The first kappa shape index (κ1) is 14.9.